The second-order valence-corrected chi connectivity index (χ2v) is 6.23. The van der Waals surface area contributed by atoms with E-state index in [4.69, 9.17) is 4.42 Å². The van der Waals surface area contributed by atoms with Crippen molar-refractivity contribution in [2.75, 3.05) is 10.6 Å². The van der Waals surface area contributed by atoms with Crippen molar-refractivity contribution < 1.29 is 14.0 Å². The van der Waals surface area contributed by atoms with Gasteiger partial charge < -0.3 is 15.1 Å². The van der Waals surface area contributed by atoms with Gasteiger partial charge in [-0.1, -0.05) is 18.2 Å². The zero-order valence-electron chi connectivity index (χ0n) is 15.2. The molecule has 2 aromatic heterocycles. The molecule has 8 nitrogen and oxygen atoms in total. The Morgan fingerprint density at radius 1 is 0.966 bits per heavy atom. The van der Waals surface area contributed by atoms with E-state index in [-0.39, 0.29) is 23.8 Å². The van der Waals surface area contributed by atoms with Gasteiger partial charge in [0.25, 0.3) is 11.5 Å². The minimum atomic E-state index is -0.395. The summed E-state index contributed by atoms with van der Waals surface area (Å²) in [6.45, 7) is -0.162. The summed E-state index contributed by atoms with van der Waals surface area (Å²) in [6.07, 6.45) is 2.61. The Labute approximate surface area is 164 Å². The molecule has 29 heavy (non-hydrogen) atoms. The molecule has 4 aromatic rings. The predicted molar refractivity (Wildman–Crippen MR) is 108 cm³/mol. The van der Waals surface area contributed by atoms with Crippen LogP contribution in [0.15, 0.2) is 82.3 Å². The van der Waals surface area contributed by atoms with Crippen molar-refractivity contribution >= 4 is 34.2 Å². The predicted octanol–water partition coefficient (Wildman–Crippen LogP) is 2.88. The minimum absolute atomic E-state index is 0.162. The van der Waals surface area contributed by atoms with Crippen molar-refractivity contribution in [1.29, 1.82) is 0 Å². The van der Waals surface area contributed by atoms with Gasteiger partial charge in [0.1, 0.15) is 6.54 Å². The molecule has 0 aliphatic carbocycles. The highest BCUT2D eigenvalue weighted by atomic mass is 16.3. The summed E-state index contributed by atoms with van der Waals surface area (Å²) >= 11 is 0. The van der Waals surface area contributed by atoms with Crippen LogP contribution in [0.3, 0.4) is 0 Å². The van der Waals surface area contributed by atoms with E-state index in [1.54, 1.807) is 54.6 Å². The van der Waals surface area contributed by atoms with Crippen LogP contribution in [0.25, 0.3) is 11.0 Å². The number of furan rings is 1. The number of nitrogens with one attached hydrogen (secondary N) is 2. The topological polar surface area (TPSA) is 106 Å². The number of hydrogen-bond donors (Lipinski definition) is 2. The summed E-state index contributed by atoms with van der Waals surface area (Å²) < 4.78 is 6.42. The van der Waals surface area contributed by atoms with Crippen molar-refractivity contribution in [1.82, 2.24) is 9.55 Å². The second-order valence-electron chi connectivity index (χ2n) is 6.23. The molecule has 0 unspecified atom stereocenters. The maximum atomic E-state index is 12.5. The van der Waals surface area contributed by atoms with Crippen LogP contribution in [-0.2, 0) is 11.3 Å². The molecule has 0 aliphatic heterocycles. The van der Waals surface area contributed by atoms with E-state index in [9.17, 15) is 14.4 Å². The van der Waals surface area contributed by atoms with E-state index in [0.717, 1.165) is 0 Å². The standard InChI is InChI=1S/C21H16N4O4/c26-19(13-25-17-8-2-1-7-16(17)22-12-20(25)27)23-14-5-3-6-15(11-14)24-21(28)18-9-4-10-29-18/h1-12H,13H2,(H,23,26)(H,24,28). The molecule has 0 saturated heterocycles. The summed E-state index contributed by atoms with van der Waals surface area (Å²) in [5.41, 5.74) is 1.82. The first kappa shape index (κ1) is 18.2. The van der Waals surface area contributed by atoms with E-state index < -0.39 is 5.91 Å². The van der Waals surface area contributed by atoms with Gasteiger partial charge in [-0.2, -0.15) is 0 Å². The number of para-hydroxylation sites is 2. The van der Waals surface area contributed by atoms with Gasteiger partial charge >= 0.3 is 0 Å². The van der Waals surface area contributed by atoms with Gasteiger partial charge in [-0.25, -0.2) is 4.98 Å². The largest absolute Gasteiger partial charge is 0.459 e. The number of anilines is 2. The van der Waals surface area contributed by atoms with E-state index in [2.05, 4.69) is 15.6 Å². The Kier molecular flexibility index (Phi) is 4.90. The number of benzene rings is 2. The summed E-state index contributed by atoms with van der Waals surface area (Å²) in [7, 11) is 0. The summed E-state index contributed by atoms with van der Waals surface area (Å²) in [5, 5.41) is 5.43. The highest BCUT2D eigenvalue weighted by Gasteiger charge is 2.11. The number of nitrogens with zero attached hydrogens (tertiary/aromatic N) is 2. The third-order valence-corrected chi connectivity index (χ3v) is 4.20. The first-order chi connectivity index (χ1) is 14.1. The van der Waals surface area contributed by atoms with Crippen LogP contribution >= 0.6 is 0 Å². The number of carbonyl (C=O) groups excluding carboxylic acids is 2. The van der Waals surface area contributed by atoms with Crippen LogP contribution in [0.1, 0.15) is 10.6 Å². The molecule has 2 heterocycles. The number of rotatable bonds is 5. The van der Waals surface area contributed by atoms with E-state index in [1.165, 1.54) is 17.0 Å². The number of carbonyl (C=O) groups is 2. The van der Waals surface area contributed by atoms with Crippen LogP contribution in [0.4, 0.5) is 11.4 Å². The Bertz CT molecular complexity index is 1250. The molecule has 0 bridgehead atoms. The molecule has 4 rings (SSSR count). The fraction of sp³-hybridized carbons (Fsp3) is 0.0476. The van der Waals surface area contributed by atoms with Crippen LogP contribution in [0.2, 0.25) is 0 Å². The first-order valence-corrected chi connectivity index (χ1v) is 8.79. The molecule has 2 N–H and O–H groups in total. The van der Waals surface area contributed by atoms with Gasteiger partial charge in [0, 0.05) is 11.4 Å². The fourth-order valence-electron chi connectivity index (χ4n) is 2.90. The van der Waals surface area contributed by atoms with Crippen molar-refractivity contribution in [3.8, 4) is 0 Å². The Morgan fingerprint density at radius 2 is 1.76 bits per heavy atom. The third-order valence-electron chi connectivity index (χ3n) is 4.20. The molecule has 0 radical (unpaired) electrons. The smallest absolute Gasteiger partial charge is 0.291 e. The highest BCUT2D eigenvalue weighted by Crippen LogP contribution is 2.17. The lowest BCUT2D eigenvalue weighted by Crippen LogP contribution is -2.28. The third kappa shape index (κ3) is 4.06. The zero-order chi connectivity index (χ0) is 20.2. The molecular formula is C21H16N4O4. The Morgan fingerprint density at radius 3 is 2.55 bits per heavy atom. The molecule has 2 amide bonds. The number of hydrogen-bond acceptors (Lipinski definition) is 5. The van der Waals surface area contributed by atoms with Gasteiger partial charge in [0.05, 0.1) is 23.5 Å². The Balaban J connectivity index is 1.49. The summed E-state index contributed by atoms with van der Waals surface area (Å²) in [4.78, 5) is 40.8. The van der Waals surface area contributed by atoms with Crippen molar-refractivity contribution in [2.24, 2.45) is 0 Å². The quantitative estimate of drug-likeness (QED) is 0.547. The maximum absolute atomic E-state index is 12.5. The van der Waals surface area contributed by atoms with Crippen LogP contribution in [0.5, 0.6) is 0 Å². The molecule has 144 valence electrons. The molecule has 0 aliphatic rings. The van der Waals surface area contributed by atoms with Crippen molar-refractivity contribution in [2.45, 2.75) is 6.54 Å². The normalized spacial score (nSPS) is 10.6. The minimum Gasteiger partial charge on any atom is -0.459 e. The SMILES string of the molecule is O=C(Cn1c(=O)cnc2ccccc21)Nc1cccc(NC(=O)c2ccco2)c1. The number of amides is 2. The Hall–Kier alpha value is -4.20. The highest BCUT2D eigenvalue weighted by molar-refractivity contribution is 6.02. The average molecular weight is 388 g/mol. The molecule has 0 atom stereocenters. The zero-order valence-corrected chi connectivity index (χ0v) is 15.2. The molecule has 0 fully saturated rings. The van der Waals surface area contributed by atoms with Crippen LogP contribution < -0.4 is 16.2 Å². The maximum Gasteiger partial charge on any atom is 0.291 e. The molecule has 0 saturated carbocycles. The molecule has 0 spiro atoms. The van der Waals surface area contributed by atoms with Crippen LogP contribution in [-0.4, -0.2) is 21.4 Å². The number of aromatic nitrogens is 2. The van der Waals surface area contributed by atoms with E-state index in [0.29, 0.717) is 22.4 Å². The number of fused-ring (bicyclic) bond motifs is 1. The molecule has 8 heteroatoms. The lowest BCUT2D eigenvalue weighted by molar-refractivity contribution is -0.116. The molecule has 2 aromatic carbocycles. The van der Waals surface area contributed by atoms with Crippen molar-refractivity contribution in [3.63, 3.8) is 0 Å². The van der Waals surface area contributed by atoms with E-state index in [1.807, 2.05) is 6.07 Å². The second kappa shape index (κ2) is 7.81. The molecular weight excluding hydrogens is 372 g/mol. The lowest BCUT2D eigenvalue weighted by atomic mass is 10.2. The van der Waals surface area contributed by atoms with Gasteiger partial charge in [-0.3, -0.25) is 19.0 Å². The fourth-order valence-corrected chi connectivity index (χ4v) is 2.90. The summed E-state index contributed by atoms with van der Waals surface area (Å²) in [6, 6.07) is 17.0. The van der Waals surface area contributed by atoms with Gasteiger partial charge in [0.2, 0.25) is 5.91 Å². The lowest BCUT2D eigenvalue weighted by Gasteiger charge is -2.11. The van der Waals surface area contributed by atoms with Gasteiger partial charge in [-0.15, -0.1) is 0 Å². The monoisotopic (exact) mass is 388 g/mol. The summed E-state index contributed by atoms with van der Waals surface area (Å²) in [5.74, 6) is -0.588. The average Bonchev–Trinajstić information content (AvgIpc) is 3.25. The first-order valence-electron chi connectivity index (χ1n) is 8.79. The van der Waals surface area contributed by atoms with E-state index >= 15 is 0 Å². The van der Waals surface area contributed by atoms with Gasteiger partial charge in [0.15, 0.2) is 5.76 Å². The van der Waals surface area contributed by atoms with Gasteiger partial charge in [-0.05, 0) is 42.5 Å². The van der Waals surface area contributed by atoms with Crippen molar-refractivity contribution in [3.05, 3.63) is 89.2 Å². The van der Waals surface area contributed by atoms with Crippen LogP contribution in [0, 0.1) is 0 Å².